The van der Waals surface area contributed by atoms with Crippen LogP contribution in [0.25, 0.3) is 0 Å². The number of alkyl halides is 1. The van der Waals surface area contributed by atoms with E-state index in [1.54, 1.807) is 25.3 Å². The Morgan fingerprint density at radius 1 is 1.44 bits per heavy atom. The van der Waals surface area contributed by atoms with Gasteiger partial charge >= 0.3 is 0 Å². The largest absolute Gasteiger partial charge is 0.496 e. The molecule has 4 nitrogen and oxygen atoms in total. The second-order valence-electron chi connectivity index (χ2n) is 3.41. The predicted octanol–water partition coefficient (Wildman–Crippen LogP) is 2.44. The summed E-state index contributed by atoms with van der Waals surface area (Å²) in [6, 6.07) is 5.16. The average Bonchev–Trinajstić information content (AvgIpc) is 2.38. The summed E-state index contributed by atoms with van der Waals surface area (Å²) in [6.07, 6.45) is 0. The standard InChI is InChI=1S/C12H15BrClNO3/c1-17-11-3-2-9(8-10(11)13)12(16)15-5-7-18-6-4-14/h2-3,8H,4-7H2,1H3,(H,15,16). The van der Waals surface area contributed by atoms with Gasteiger partial charge in [0.2, 0.25) is 0 Å². The highest BCUT2D eigenvalue weighted by Crippen LogP contribution is 2.25. The lowest BCUT2D eigenvalue weighted by Gasteiger charge is -2.07. The molecule has 0 unspecified atom stereocenters. The number of benzene rings is 1. The van der Waals surface area contributed by atoms with Crippen LogP contribution in [0.15, 0.2) is 22.7 Å². The van der Waals surface area contributed by atoms with Gasteiger partial charge in [-0.25, -0.2) is 0 Å². The maximum Gasteiger partial charge on any atom is 0.251 e. The number of hydrogen-bond donors (Lipinski definition) is 1. The first-order valence-electron chi connectivity index (χ1n) is 5.44. The number of carbonyl (C=O) groups is 1. The Kier molecular flexibility index (Phi) is 7.08. The molecule has 0 heterocycles. The van der Waals surface area contributed by atoms with Gasteiger partial charge in [0.25, 0.3) is 5.91 Å². The molecule has 0 aliphatic heterocycles. The number of nitrogens with one attached hydrogen (secondary N) is 1. The molecule has 0 aliphatic rings. The fraction of sp³-hybridized carbons (Fsp3) is 0.417. The van der Waals surface area contributed by atoms with E-state index in [1.807, 2.05) is 0 Å². The molecule has 100 valence electrons. The zero-order valence-corrected chi connectivity index (χ0v) is 12.4. The minimum atomic E-state index is -0.146. The van der Waals surface area contributed by atoms with Gasteiger partial charge in [0, 0.05) is 18.0 Å². The van der Waals surface area contributed by atoms with Crippen LogP contribution in [-0.4, -0.2) is 38.7 Å². The van der Waals surface area contributed by atoms with E-state index in [-0.39, 0.29) is 5.91 Å². The monoisotopic (exact) mass is 335 g/mol. The van der Waals surface area contributed by atoms with Crippen LogP contribution in [-0.2, 0) is 4.74 Å². The normalized spacial score (nSPS) is 10.2. The summed E-state index contributed by atoms with van der Waals surface area (Å²) < 4.78 is 11.0. The molecule has 1 amide bonds. The van der Waals surface area contributed by atoms with E-state index in [4.69, 9.17) is 21.1 Å². The molecule has 0 saturated heterocycles. The number of amides is 1. The van der Waals surface area contributed by atoms with E-state index in [2.05, 4.69) is 21.2 Å². The molecule has 0 fully saturated rings. The number of carbonyl (C=O) groups excluding carboxylic acids is 1. The van der Waals surface area contributed by atoms with Gasteiger partial charge in [-0.2, -0.15) is 0 Å². The van der Waals surface area contributed by atoms with Gasteiger partial charge in [-0.1, -0.05) is 0 Å². The van der Waals surface area contributed by atoms with Crippen molar-refractivity contribution in [2.75, 3.05) is 32.7 Å². The minimum Gasteiger partial charge on any atom is -0.496 e. The van der Waals surface area contributed by atoms with Crippen molar-refractivity contribution in [3.8, 4) is 5.75 Å². The van der Waals surface area contributed by atoms with Crippen molar-refractivity contribution in [2.24, 2.45) is 0 Å². The predicted molar refractivity (Wildman–Crippen MR) is 74.6 cm³/mol. The molecule has 6 heteroatoms. The highest BCUT2D eigenvalue weighted by atomic mass is 79.9. The third-order valence-corrected chi connectivity index (χ3v) is 2.94. The Bertz CT molecular complexity index is 401. The van der Waals surface area contributed by atoms with Crippen LogP contribution in [0.1, 0.15) is 10.4 Å². The molecule has 0 radical (unpaired) electrons. The Morgan fingerprint density at radius 3 is 2.83 bits per heavy atom. The number of ether oxygens (including phenoxy) is 2. The molecule has 1 rings (SSSR count). The minimum absolute atomic E-state index is 0.146. The maximum absolute atomic E-state index is 11.8. The molecule has 1 aromatic carbocycles. The Hall–Kier alpha value is -0.780. The quantitative estimate of drug-likeness (QED) is 0.614. The number of halogens is 2. The molecular formula is C12H15BrClNO3. The number of methoxy groups -OCH3 is 1. The molecule has 18 heavy (non-hydrogen) atoms. The van der Waals surface area contributed by atoms with Gasteiger partial charge in [-0.15, -0.1) is 11.6 Å². The molecular weight excluding hydrogens is 321 g/mol. The molecule has 0 aliphatic carbocycles. The van der Waals surface area contributed by atoms with Crippen molar-refractivity contribution < 1.29 is 14.3 Å². The van der Waals surface area contributed by atoms with Gasteiger partial charge in [-0.05, 0) is 34.1 Å². The molecule has 1 N–H and O–H groups in total. The molecule has 0 spiro atoms. The number of rotatable bonds is 7. The summed E-state index contributed by atoms with van der Waals surface area (Å²) in [7, 11) is 1.58. The summed E-state index contributed by atoms with van der Waals surface area (Å²) in [5.41, 5.74) is 0.569. The van der Waals surface area contributed by atoms with E-state index in [1.165, 1.54) is 0 Å². The Morgan fingerprint density at radius 2 is 2.22 bits per heavy atom. The lowest BCUT2D eigenvalue weighted by molar-refractivity contribution is 0.0923. The summed E-state index contributed by atoms with van der Waals surface area (Å²) in [5, 5.41) is 2.75. The molecule has 1 aromatic rings. The molecule has 0 aromatic heterocycles. The Labute approximate surface area is 120 Å². The average molecular weight is 337 g/mol. The van der Waals surface area contributed by atoms with Crippen molar-refractivity contribution in [2.45, 2.75) is 0 Å². The smallest absolute Gasteiger partial charge is 0.251 e. The zero-order valence-electron chi connectivity index (χ0n) is 10.0. The molecule has 0 atom stereocenters. The molecule has 0 bridgehead atoms. The third kappa shape index (κ3) is 4.84. The summed E-state index contributed by atoms with van der Waals surface area (Å²) in [4.78, 5) is 11.8. The van der Waals surface area contributed by atoms with E-state index in [0.29, 0.717) is 37.0 Å². The second-order valence-corrected chi connectivity index (χ2v) is 4.64. The topological polar surface area (TPSA) is 47.6 Å². The van der Waals surface area contributed by atoms with Crippen LogP contribution >= 0.6 is 27.5 Å². The lowest BCUT2D eigenvalue weighted by atomic mass is 10.2. The van der Waals surface area contributed by atoms with Crippen LogP contribution in [0.5, 0.6) is 5.75 Å². The summed E-state index contributed by atoms with van der Waals surface area (Å²) in [5.74, 6) is 1.00. The van der Waals surface area contributed by atoms with Crippen LogP contribution < -0.4 is 10.1 Å². The third-order valence-electron chi connectivity index (χ3n) is 2.17. The first-order chi connectivity index (χ1) is 8.69. The number of hydrogen-bond acceptors (Lipinski definition) is 3. The van der Waals surface area contributed by atoms with Crippen LogP contribution in [0.4, 0.5) is 0 Å². The van der Waals surface area contributed by atoms with Crippen LogP contribution in [0.2, 0.25) is 0 Å². The van der Waals surface area contributed by atoms with E-state index in [0.717, 1.165) is 4.47 Å². The van der Waals surface area contributed by atoms with Gasteiger partial charge in [0.05, 0.1) is 24.8 Å². The first kappa shape index (κ1) is 15.3. The van der Waals surface area contributed by atoms with Gasteiger partial charge in [0.1, 0.15) is 5.75 Å². The lowest BCUT2D eigenvalue weighted by Crippen LogP contribution is -2.27. The maximum atomic E-state index is 11.8. The highest BCUT2D eigenvalue weighted by molar-refractivity contribution is 9.10. The van der Waals surface area contributed by atoms with Crippen molar-refractivity contribution in [3.05, 3.63) is 28.2 Å². The van der Waals surface area contributed by atoms with Crippen molar-refractivity contribution in [1.82, 2.24) is 5.32 Å². The highest BCUT2D eigenvalue weighted by Gasteiger charge is 2.08. The summed E-state index contributed by atoms with van der Waals surface area (Å²) in [6.45, 7) is 1.40. The van der Waals surface area contributed by atoms with Gasteiger partial charge in [-0.3, -0.25) is 4.79 Å². The summed E-state index contributed by atoms with van der Waals surface area (Å²) >= 11 is 8.79. The van der Waals surface area contributed by atoms with Crippen molar-refractivity contribution in [1.29, 1.82) is 0 Å². The fourth-order valence-corrected chi connectivity index (χ4v) is 1.95. The van der Waals surface area contributed by atoms with Crippen molar-refractivity contribution >= 4 is 33.4 Å². The van der Waals surface area contributed by atoms with E-state index in [9.17, 15) is 4.79 Å². The van der Waals surface area contributed by atoms with Crippen LogP contribution in [0.3, 0.4) is 0 Å². The van der Waals surface area contributed by atoms with Gasteiger partial charge in [0.15, 0.2) is 0 Å². The van der Waals surface area contributed by atoms with Crippen LogP contribution in [0, 0.1) is 0 Å². The fourth-order valence-electron chi connectivity index (χ4n) is 1.30. The molecule has 0 saturated carbocycles. The second kappa shape index (κ2) is 8.34. The Balaban J connectivity index is 2.44. The van der Waals surface area contributed by atoms with Gasteiger partial charge < -0.3 is 14.8 Å². The SMILES string of the molecule is COc1ccc(C(=O)NCCOCCCl)cc1Br. The first-order valence-corrected chi connectivity index (χ1v) is 6.77. The van der Waals surface area contributed by atoms with Crippen molar-refractivity contribution in [3.63, 3.8) is 0 Å². The zero-order chi connectivity index (χ0) is 13.4. The van der Waals surface area contributed by atoms with E-state index >= 15 is 0 Å². The van der Waals surface area contributed by atoms with E-state index < -0.39 is 0 Å².